The lowest BCUT2D eigenvalue weighted by atomic mass is 9.96. The van der Waals surface area contributed by atoms with Crippen LogP contribution < -0.4 is 43.1 Å². The Bertz CT molecular complexity index is 8050. The first-order valence-corrected chi connectivity index (χ1v) is 42.3. The Morgan fingerprint density at radius 2 is 0.492 bits per heavy atom. The summed E-state index contributed by atoms with van der Waals surface area (Å²) in [5.74, 6) is 9.59. The number of fused-ring (bicyclic) bond motifs is 21. The van der Waals surface area contributed by atoms with E-state index >= 15 is 0 Å². The average Bonchev–Trinajstić information content (AvgIpc) is 1.10. The Kier molecular flexibility index (Phi) is 15.8. The van der Waals surface area contributed by atoms with E-state index in [1.165, 1.54) is 49.3 Å². The normalized spacial score (nSPS) is 12.8. The summed E-state index contributed by atoms with van der Waals surface area (Å²) in [6.45, 7) is 0. The van der Waals surface area contributed by atoms with Gasteiger partial charge in [0.05, 0.1) is 61.9 Å². The molecule has 28 rings (SSSR count). The van der Waals surface area contributed by atoms with Crippen molar-refractivity contribution >= 4 is 117 Å². The first-order valence-electron chi connectivity index (χ1n) is 42.3. The van der Waals surface area contributed by atoms with E-state index in [4.69, 9.17) is 32.8 Å². The SMILES string of the molecule is c1ccc(-c2ccc3c(c2)c2cc(-c4cc5c6c(c4)Oc4ccccc4N6c4ccccc4O5)ccc2n3-c2ccccc2)cc1.c1ccc(-c2ccc3c4ccccc4n(-c4cc5c6c(c4)Oc4ccccc4N6c4ccccc4O5)c3c2)cc1.c1ccc2c(c1)Oc1cc(-c3ccc(-c4cccc5oc6ccccc6c45)cc3)cc3c1N2c1ccccc1O3. The number of benzene rings is 19. The van der Waals surface area contributed by atoms with Gasteiger partial charge in [-0.25, -0.2) is 0 Å². The molecule has 3 aromatic heterocycles. The second kappa shape index (κ2) is 28.2. The molecule has 0 aliphatic carbocycles. The first kappa shape index (κ1) is 70.6. The fourth-order valence-corrected chi connectivity index (χ4v) is 19.3. The Hall–Kier alpha value is -17.2. The maximum absolute atomic E-state index is 6.56. The molecule has 592 valence electrons. The van der Waals surface area contributed by atoms with E-state index in [9.17, 15) is 0 Å². The highest BCUT2D eigenvalue weighted by Gasteiger charge is 2.39. The zero-order valence-electron chi connectivity index (χ0n) is 67.4. The smallest absolute Gasteiger partial charge is 0.157 e. The van der Waals surface area contributed by atoms with Crippen LogP contribution in [0, 0.1) is 0 Å². The molecular weight excluding hydrogens is 1550 g/mol. The van der Waals surface area contributed by atoms with Gasteiger partial charge in [-0.3, -0.25) is 14.7 Å². The average molecular weight is 1620 g/mol. The van der Waals surface area contributed by atoms with Gasteiger partial charge in [0.25, 0.3) is 0 Å². The third-order valence-corrected chi connectivity index (χ3v) is 24.9. The highest BCUT2D eigenvalue weighted by molar-refractivity contribution is 6.15. The van der Waals surface area contributed by atoms with E-state index in [1.54, 1.807) is 0 Å². The summed E-state index contributed by atoms with van der Waals surface area (Å²) in [4.78, 5) is 6.75. The summed E-state index contributed by atoms with van der Waals surface area (Å²) in [6, 6.07) is 145. The number of rotatable bonds is 7. The standard InChI is InChI=1S/C42H26N2O2.C36H22N2O2.C36H21NO3/c1-3-11-27(12-4-1)28-19-21-34-32(23-28)33-24-29(20-22-35(33)43(34)31-13-5-2-6-14-31)30-25-40-42-41(26-30)46-39-18-10-8-16-37(39)44(42)36-15-7-9-17-38(36)45-40;1-2-10-23(11-3-1)24-18-19-27-26-12-4-5-13-28(26)37(31(27)20-24)25-21-34-36-35(22-25)40-33-17-9-7-15-30(33)38(36)29-14-6-8-16-32(29)39-34;1-4-12-29-26(8-1)35-25(9-7-15-32(35)38-29)23-18-16-22(17-19-23)24-20-33-36-34(21-24)40-31-14-6-3-11-28(31)37(36)27-10-2-5-13-30(27)39-33/h1-26H;1-22H;1-21H. The van der Waals surface area contributed by atoms with Crippen LogP contribution in [0.5, 0.6) is 69.0 Å². The van der Waals surface area contributed by atoms with Crippen LogP contribution in [0.15, 0.2) is 423 Å². The van der Waals surface area contributed by atoms with Gasteiger partial charge in [-0.2, -0.15) is 0 Å². The van der Waals surface area contributed by atoms with Gasteiger partial charge in [-0.05, 0) is 213 Å². The summed E-state index contributed by atoms with van der Waals surface area (Å²) in [6.07, 6.45) is 0. The molecule has 0 fully saturated rings. The van der Waals surface area contributed by atoms with Crippen molar-refractivity contribution in [1.82, 2.24) is 9.13 Å². The molecule has 6 aliphatic heterocycles. The van der Waals surface area contributed by atoms with E-state index in [0.717, 1.165) is 203 Å². The molecular formula is C114H69N5O7. The second-order valence-electron chi connectivity index (χ2n) is 32.2. The maximum atomic E-state index is 6.56. The largest absolute Gasteiger partial charge is 0.456 e. The number of ether oxygens (including phenoxy) is 6. The fourth-order valence-electron chi connectivity index (χ4n) is 19.3. The molecule has 0 atom stereocenters. The first-order chi connectivity index (χ1) is 62.4. The van der Waals surface area contributed by atoms with Gasteiger partial charge < -0.3 is 42.0 Å². The molecule has 12 heteroatoms. The number of hydrogen-bond acceptors (Lipinski definition) is 10. The molecule has 0 saturated carbocycles. The predicted molar refractivity (Wildman–Crippen MR) is 507 cm³/mol. The van der Waals surface area contributed by atoms with E-state index in [2.05, 4.69) is 315 Å². The third kappa shape index (κ3) is 11.3. The van der Waals surface area contributed by atoms with Crippen molar-refractivity contribution in [3.63, 3.8) is 0 Å². The van der Waals surface area contributed by atoms with Crippen LogP contribution in [0.2, 0.25) is 0 Å². The highest BCUT2D eigenvalue weighted by Crippen LogP contribution is 2.65. The van der Waals surface area contributed by atoms with Crippen molar-refractivity contribution in [2.45, 2.75) is 0 Å². The number of hydrogen-bond donors (Lipinski definition) is 0. The van der Waals surface area contributed by atoms with Crippen LogP contribution in [0.3, 0.4) is 0 Å². The number of para-hydroxylation sites is 15. The lowest BCUT2D eigenvalue weighted by molar-refractivity contribution is 0.445. The molecule has 126 heavy (non-hydrogen) atoms. The van der Waals surface area contributed by atoms with Gasteiger partial charge in [0.2, 0.25) is 0 Å². The molecule has 9 heterocycles. The molecule has 0 spiro atoms. The van der Waals surface area contributed by atoms with Crippen molar-refractivity contribution in [2.75, 3.05) is 14.7 Å². The molecule has 12 nitrogen and oxygen atoms in total. The van der Waals surface area contributed by atoms with E-state index < -0.39 is 0 Å². The van der Waals surface area contributed by atoms with Gasteiger partial charge >= 0.3 is 0 Å². The lowest BCUT2D eigenvalue weighted by Gasteiger charge is -2.38. The Labute approximate surface area is 723 Å². The Morgan fingerprint density at radius 1 is 0.167 bits per heavy atom. The van der Waals surface area contributed by atoms with E-state index in [-0.39, 0.29) is 0 Å². The molecule has 0 amide bonds. The van der Waals surface area contributed by atoms with Crippen molar-refractivity contribution in [3.05, 3.63) is 419 Å². The summed E-state index contributed by atoms with van der Waals surface area (Å²) in [5.41, 5.74) is 28.7. The number of anilines is 9. The monoisotopic (exact) mass is 1620 g/mol. The topological polar surface area (TPSA) is 88.1 Å². The quantitative estimate of drug-likeness (QED) is 0.154. The molecule has 0 N–H and O–H groups in total. The van der Waals surface area contributed by atoms with Crippen molar-refractivity contribution in [3.8, 4) is 136 Å². The second-order valence-corrected chi connectivity index (χ2v) is 32.2. The predicted octanol–water partition coefficient (Wildman–Crippen LogP) is 32.5. The fraction of sp³-hybridized carbons (Fsp3) is 0. The molecule has 19 aromatic carbocycles. The summed E-state index contributed by atoms with van der Waals surface area (Å²) in [5, 5.41) is 7.10. The summed E-state index contributed by atoms with van der Waals surface area (Å²) >= 11 is 0. The van der Waals surface area contributed by atoms with Crippen LogP contribution in [0.25, 0.3) is 133 Å². The lowest BCUT2D eigenvalue weighted by Crippen LogP contribution is -2.20. The number of nitrogens with zero attached hydrogens (tertiary/aromatic N) is 5. The minimum Gasteiger partial charge on any atom is -0.456 e. The van der Waals surface area contributed by atoms with Crippen LogP contribution >= 0.6 is 0 Å². The zero-order chi connectivity index (χ0) is 82.6. The highest BCUT2D eigenvalue weighted by atomic mass is 16.5. The van der Waals surface area contributed by atoms with Crippen molar-refractivity contribution < 1.29 is 32.8 Å². The van der Waals surface area contributed by atoms with Crippen LogP contribution in [0.1, 0.15) is 0 Å². The van der Waals surface area contributed by atoms with Gasteiger partial charge in [-0.15, -0.1) is 0 Å². The van der Waals surface area contributed by atoms with Crippen LogP contribution in [-0.4, -0.2) is 9.13 Å². The Balaban J connectivity index is 0.000000101. The van der Waals surface area contributed by atoms with Crippen molar-refractivity contribution in [2.24, 2.45) is 0 Å². The molecule has 0 saturated heterocycles. The molecule has 0 radical (unpaired) electrons. The van der Waals surface area contributed by atoms with Crippen LogP contribution in [0.4, 0.5) is 51.2 Å². The molecule has 22 aromatic rings. The minimum atomic E-state index is 0.769. The van der Waals surface area contributed by atoms with Gasteiger partial charge in [0, 0.05) is 50.1 Å². The molecule has 0 bridgehead atoms. The van der Waals surface area contributed by atoms with E-state index in [0.29, 0.717) is 0 Å². The minimum absolute atomic E-state index is 0.769. The van der Waals surface area contributed by atoms with Gasteiger partial charge in [0.15, 0.2) is 69.0 Å². The van der Waals surface area contributed by atoms with Crippen LogP contribution in [-0.2, 0) is 0 Å². The van der Waals surface area contributed by atoms with Gasteiger partial charge in [0.1, 0.15) is 28.2 Å². The molecule has 6 aliphatic rings. The molecule has 0 unspecified atom stereocenters. The van der Waals surface area contributed by atoms with Gasteiger partial charge in [-0.1, -0.05) is 249 Å². The maximum Gasteiger partial charge on any atom is 0.157 e. The summed E-state index contributed by atoms with van der Waals surface area (Å²) in [7, 11) is 0. The summed E-state index contributed by atoms with van der Waals surface area (Å²) < 4.78 is 49.9. The Morgan fingerprint density at radius 3 is 0.968 bits per heavy atom. The van der Waals surface area contributed by atoms with Crippen molar-refractivity contribution in [1.29, 1.82) is 0 Å². The van der Waals surface area contributed by atoms with E-state index in [1.807, 2.05) is 127 Å². The third-order valence-electron chi connectivity index (χ3n) is 24.9. The number of furan rings is 1. The number of aromatic nitrogens is 2. The zero-order valence-corrected chi connectivity index (χ0v) is 67.4.